The smallest absolute Gasteiger partial charge is 0.407 e. The van der Waals surface area contributed by atoms with Gasteiger partial charge in [0.1, 0.15) is 12.2 Å². The molecule has 0 aliphatic rings. The third-order valence-electron chi connectivity index (χ3n) is 2.73. The van der Waals surface area contributed by atoms with E-state index in [1.807, 2.05) is 0 Å². The largest absolute Gasteiger partial charge is 0.459 e. The number of esters is 1. The summed E-state index contributed by atoms with van der Waals surface area (Å²) in [6.07, 6.45) is 1.04. The zero-order chi connectivity index (χ0) is 17.7. The van der Waals surface area contributed by atoms with Crippen LogP contribution < -0.4 is 10.9 Å². The quantitative estimate of drug-likeness (QED) is 0.822. The van der Waals surface area contributed by atoms with Crippen LogP contribution in [-0.4, -0.2) is 33.6 Å². The Hall–Kier alpha value is -2.42. The van der Waals surface area contributed by atoms with E-state index >= 15 is 0 Å². The number of thiazole rings is 1. The Labute approximate surface area is 142 Å². The number of rotatable bonds is 5. The SMILES string of the molecule is CC(C)(C)OC(=O)NCCC(=O)OCc1cc(=O)n2ccsc2n1. The zero-order valence-electron chi connectivity index (χ0n) is 13.7. The van der Waals surface area contributed by atoms with E-state index in [1.165, 1.54) is 21.8 Å². The molecule has 0 spiro atoms. The van der Waals surface area contributed by atoms with Gasteiger partial charge >= 0.3 is 12.1 Å². The lowest BCUT2D eigenvalue weighted by Gasteiger charge is -2.19. The molecule has 0 fully saturated rings. The first-order chi connectivity index (χ1) is 11.2. The highest BCUT2D eigenvalue weighted by atomic mass is 32.1. The molecule has 1 N–H and O–H groups in total. The molecular formula is C15H19N3O5S. The average Bonchev–Trinajstić information content (AvgIpc) is 2.92. The van der Waals surface area contributed by atoms with Crippen LogP contribution in [0.4, 0.5) is 4.79 Å². The molecule has 1 amide bonds. The molecule has 24 heavy (non-hydrogen) atoms. The van der Waals surface area contributed by atoms with Gasteiger partial charge in [0.25, 0.3) is 5.56 Å². The van der Waals surface area contributed by atoms with Gasteiger partial charge in [-0.1, -0.05) is 0 Å². The average molecular weight is 353 g/mol. The van der Waals surface area contributed by atoms with Gasteiger partial charge in [-0.2, -0.15) is 0 Å². The van der Waals surface area contributed by atoms with Crippen LogP contribution in [-0.2, 0) is 20.9 Å². The van der Waals surface area contributed by atoms with Gasteiger partial charge < -0.3 is 14.8 Å². The van der Waals surface area contributed by atoms with Crippen molar-refractivity contribution in [1.82, 2.24) is 14.7 Å². The minimum atomic E-state index is -0.593. The summed E-state index contributed by atoms with van der Waals surface area (Å²) in [5, 5.41) is 4.22. The van der Waals surface area contributed by atoms with Crippen molar-refractivity contribution in [2.75, 3.05) is 6.54 Å². The number of nitrogens with one attached hydrogen (secondary N) is 1. The second-order valence-corrected chi connectivity index (χ2v) is 6.85. The van der Waals surface area contributed by atoms with Crippen molar-refractivity contribution in [2.24, 2.45) is 0 Å². The first-order valence-electron chi connectivity index (χ1n) is 7.33. The van der Waals surface area contributed by atoms with Crippen LogP contribution in [0.3, 0.4) is 0 Å². The fourth-order valence-electron chi connectivity index (χ4n) is 1.77. The topological polar surface area (TPSA) is 99.0 Å². The standard InChI is InChI=1S/C15H19N3O5S/c1-15(2,3)23-14(21)16-5-4-12(20)22-9-10-8-11(19)18-6-7-24-13(18)17-10/h6-8H,4-5,9H2,1-3H3,(H,16,21). The van der Waals surface area contributed by atoms with Crippen molar-refractivity contribution < 1.29 is 19.1 Å². The first kappa shape index (κ1) is 17.9. The fraction of sp³-hybridized carbons (Fsp3) is 0.467. The molecule has 0 saturated carbocycles. The van der Waals surface area contributed by atoms with Crippen LogP contribution in [0.2, 0.25) is 0 Å². The molecule has 0 bridgehead atoms. The lowest BCUT2D eigenvalue weighted by molar-refractivity contribution is -0.144. The van der Waals surface area contributed by atoms with Gasteiger partial charge in [0.15, 0.2) is 4.96 Å². The molecule has 9 heteroatoms. The first-order valence-corrected chi connectivity index (χ1v) is 8.21. The molecule has 2 heterocycles. The molecule has 2 rings (SSSR count). The van der Waals surface area contributed by atoms with E-state index in [1.54, 1.807) is 32.3 Å². The molecule has 8 nitrogen and oxygen atoms in total. The van der Waals surface area contributed by atoms with Crippen molar-refractivity contribution in [3.63, 3.8) is 0 Å². The molecule has 0 aliphatic carbocycles. The molecular weight excluding hydrogens is 334 g/mol. The molecule has 2 aromatic rings. The summed E-state index contributed by atoms with van der Waals surface area (Å²) in [4.78, 5) is 39.7. The lowest BCUT2D eigenvalue weighted by atomic mass is 10.2. The van der Waals surface area contributed by atoms with Gasteiger partial charge in [0.05, 0.1) is 12.1 Å². The lowest BCUT2D eigenvalue weighted by Crippen LogP contribution is -2.33. The van der Waals surface area contributed by atoms with E-state index in [2.05, 4.69) is 10.3 Å². The summed E-state index contributed by atoms with van der Waals surface area (Å²) in [6, 6.07) is 1.33. The third kappa shape index (κ3) is 5.34. The molecule has 0 radical (unpaired) electrons. The predicted molar refractivity (Wildman–Crippen MR) is 88.0 cm³/mol. The second kappa shape index (κ2) is 7.43. The summed E-state index contributed by atoms with van der Waals surface area (Å²) < 4.78 is 11.5. The maximum Gasteiger partial charge on any atom is 0.407 e. The zero-order valence-corrected chi connectivity index (χ0v) is 14.5. The molecule has 0 unspecified atom stereocenters. The monoisotopic (exact) mass is 353 g/mol. The summed E-state index contributed by atoms with van der Waals surface area (Å²) in [5.74, 6) is -0.501. The van der Waals surface area contributed by atoms with Gasteiger partial charge in [0.2, 0.25) is 0 Å². The Kier molecular flexibility index (Phi) is 5.55. The highest BCUT2D eigenvalue weighted by Gasteiger charge is 2.16. The normalized spacial score (nSPS) is 11.3. The molecule has 2 aromatic heterocycles. The number of fused-ring (bicyclic) bond motifs is 1. The minimum Gasteiger partial charge on any atom is -0.459 e. The fourth-order valence-corrected chi connectivity index (χ4v) is 2.51. The van der Waals surface area contributed by atoms with Crippen LogP contribution in [0, 0.1) is 0 Å². The van der Waals surface area contributed by atoms with Crippen LogP contribution in [0.25, 0.3) is 4.96 Å². The van der Waals surface area contributed by atoms with Crippen LogP contribution in [0.1, 0.15) is 32.9 Å². The highest BCUT2D eigenvalue weighted by Crippen LogP contribution is 2.08. The predicted octanol–water partition coefficient (Wildman–Crippen LogP) is 1.71. The second-order valence-electron chi connectivity index (χ2n) is 5.98. The van der Waals surface area contributed by atoms with Crippen LogP contribution in [0.5, 0.6) is 0 Å². The number of hydrogen-bond acceptors (Lipinski definition) is 7. The number of hydrogen-bond donors (Lipinski definition) is 1. The van der Waals surface area contributed by atoms with E-state index in [0.717, 1.165) is 0 Å². The van der Waals surface area contributed by atoms with Crippen molar-refractivity contribution >= 4 is 28.4 Å². The number of alkyl carbamates (subject to hydrolysis) is 1. The van der Waals surface area contributed by atoms with E-state index in [4.69, 9.17) is 9.47 Å². The number of carbonyl (C=O) groups is 2. The summed E-state index contributed by atoms with van der Waals surface area (Å²) in [7, 11) is 0. The Bertz CT molecular complexity index is 790. The molecule has 0 aliphatic heterocycles. The van der Waals surface area contributed by atoms with Gasteiger partial charge in [-0.15, -0.1) is 11.3 Å². The van der Waals surface area contributed by atoms with E-state index in [9.17, 15) is 14.4 Å². The van der Waals surface area contributed by atoms with Crippen molar-refractivity contribution in [3.05, 3.63) is 33.7 Å². The third-order valence-corrected chi connectivity index (χ3v) is 3.49. The van der Waals surface area contributed by atoms with Gasteiger partial charge in [0, 0.05) is 24.2 Å². The Morgan fingerprint density at radius 2 is 2.12 bits per heavy atom. The van der Waals surface area contributed by atoms with E-state index < -0.39 is 17.7 Å². The maximum atomic E-state index is 11.8. The summed E-state index contributed by atoms with van der Waals surface area (Å²) in [6.45, 7) is 5.27. The maximum absolute atomic E-state index is 11.8. The Morgan fingerprint density at radius 3 is 2.83 bits per heavy atom. The minimum absolute atomic E-state index is 0.000525. The Balaban J connectivity index is 1.76. The highest BCUT2D eigenvalue weighted by molar-refractivity contribution is 7.15. The molecule has 0 aromatic carbocycles. The van der Waals surface area contributed by atoms with Gasteiger partial charge in [-0.05, 0) is 20.8 Å². The van der Waals surface area contributed by atoms with Crippen LogP contribution in [0.15, 0.2) is 22.4 Å². The van der Waals surface area contributed by atoms with Crippen LogP contribution >= 0.6 is 11.3 Å². The summed E-state index contributed by atoms with van der Waals surface area (Å²) >= 11 is 1.32. The summed E-state index contributed by atoms with van der Waals surface area (Å²) in [5.41, 5.74) is -0.431. The molecule has 0 saturated heterocycles. The van der Waals surface area contributed by atoms with Crippen molar-refractivity contribution in [3.8, 4) is 0 Å². The number of nitrogens with zero attached hydrogens (tertiary/aromatic N) is 2. The molecule has 130 valence electrons. The number of amides is 1. The van der Waals surface area contributed by atoms with Gasteiger partial charge in [-0.3, -0.25) is 14.0 Å². The van der Waals surface area contributed by atoms with Gasteiger partial charge in [-0.25, -0.2) is 9.78 Å². The number of aromatic nitrogens is 2. The van der Waals surface area contributed by atoms with E-state index in [-0.39, 0.29) is 25.1 Å². The van der Waals surface area contributed by atoms with Crippen molar-refractivity contribution in [2.45, 2.75) is 39.4 Å². The van der Waals surface area contributed by atoms with E-state index in [0.29, 0.717) is 10.7 Å². The number of ether oxygens (including phenoxy) is 2. The number of carbonyl (C=O) groups excluding carboxylic acids is 2. The van der Waals surface area contributed by atoms with Crippen molar-refractivity contribution in [1.29, 1.82) is 0 Å². The Morgan fingerprint density at radius 1 is 1.38 bits per heavy atom. The molecule has 0 atom stereocenters.